The fourth-order valence-corrected chi connectivity index (χ4v) is 3.37. The van der Waals surface area contributed by atoms with Gasteiger partial charge in [-0.3, -0.25) is 4.98 Å². The second-order valence-electron chi connectivity index (χ2n) is 5.35. The minimum atomic E-state index is 0.419. The molecule has 2 aromatic heterocycles. The molecule has 1 aliphatic carbocycles. The van der Waals surface area contributed by atoms with Crippen LogP contribution in [-0.4, -0.2) is 14.8 Å². The molecule has 0 N–H and O–H groups in total. The molecule has 3 aromatic rings. The molecule has 1 atom stereocenters. The lowest BCUT2D eigenvalue weighted by Gasteiger charge is -2.09. The van der Waals surface area contributed by atoms with E-state index in [0.29, 0.717) is 5.92 Å². The Bertz CT molecular complexity index is 780. The summed E-state index contributed by atoms with van der Waals surface area (Å²) >= 11 is 3.46. The highest BCUT2D eigenvalue weighted by Crippen LogP contribution is 2.37. The molecule has 2 heterocycles. The molecule has 0 amide bonds. The maximum Gasteiger partial charge on any atom is 0.0840 e. The van der Waals surface area contributed by atoms with Gasteiger partial charge >= 0.3 is 0 Å². The Kier molecular flexibility index (Phi) is 3.11. The average molecular weight is 340 g/mol. The number of hydrogen-bond donors (Lipinski definition) is 0. The maximum atomic E-state index is 4.82. The van der Waals surface area contributed by atoms with E-state index >= 15 is 0 Å². The minimum Gasteiger partial charge on any atom is -0.261 e. The topological polar surface area (TPSA) is 30.7 Å². The van der Waals surface area contributed by atoms with Crippen molar-refractivity contribution in [3.63, 3.8) is 0 Å². The molecule has 104 valence electrons. The number of fused-ring (bicyclic) bond motifs is 1. The second kappa shape index (κ2) is 5.11. The molecule has 0 unspecified atom stereocenters. The van der Waals surface area contributed by atoms with Crippen molar-refractivity contribution in [3.8, 4) is 5.69 Å². The van der Waals surface area contributed by atoms with Gasteiger partial charge in [-0.25, -0.2) is 4.68 Å². The number of aromatic nitrogens is 3. The van der Waals surface area contributed by atoms with E-state index in [2.05, 4.69) is 57.4 Å². The summed E-state index contributed by atoms with van der Waals surface area (Å²) in [4.78, 5) is 4.21. The molecule has 0 bridgehead atoms. The predicted octanol–water partition coefficient (Wildman–Crippen LogP) is 4.11. The lowest BCUT2D eigenvalue weighted by Crippen LogP contribution is -2.01. The average Bonchev–Trinajstić information content (AvgIpc) is 3.08. The van der Waals surface area contributed by atoms with Gasteiger partial charge in [0.05, 0.1) is 17.6 Å². The molecule has 1 aliphatic rings. The predicted molar refractivity (Wildman–Crippen MR) is 85.7 cm³/mol. The van der Waals surface area contributed by atoms with Crippen LogP contribution in [-0.2, 0) is 6.42 Å². The Morgan fingerprint density at radius 3 is 2.81 bits per heavy atom. The number of halogens is 1. The fourth-order valence-electron chi connectivity index (χ4n) is 3.01. The van der Waals surface area contributed by atoms with E-state index in [1.165, 1.54) is 16.8 Å². The number of nitrogens with zero attached hydrogens (tertiary/aromatic N) is 3. The molecule has 3 nitrogen and oxygen atoms in total. The molecule has 4 heteroatoms. The van der Waals surface area contributed by atoms with Crippen molar-refractivity contribution in [3.05, 3.63) is 76.3 Å². The molecule has 0 saturated carbocycles. The van der Waals surface area contributed by atoms with E-state index in [4.69, 9.17) is 5.10 Å². The number of aryl methyl sites for hydroxylation is 1. The molecule has 21 heavy (non-hydrogen) atoms. The highest BCUT2D eigenvalue weighted by Gasteiger charge is 2.27. The van der Waals surface area contributed by atoms with Crippen molar-refractivity contribution in [2.24, 2.45) is 0 Å². The molecule has 0 spiro atoms. The molecule has 1 aromatic carbocycles. The zero-order valence-electron chi connectivity index (χ0n) is 11.4. The lowest BCUT2D eigenvalue weighted by atomic mass is 9.97. The Hall–Kier alpha value is -1.94. The van der Waals surface area contributed by atoms with Crippen molar-refractivity contribution < 1.29 is 0 Å². The van der Waals surface area contributed by atoms with E-state index in [-0.39, 0.29) is 0 Å². The summed E-state index contributed by atoms with van der Waals surface area (Å²) in [5.41, 5.74) is 4.91. The highest BCUT2D eigenvalue weighted by atomic mass is 79.9. The van der Waals surface area contributed by atoms with Crippen LogP contribution in [0.15, 0.2) is 59.5 Å². The normalized spacial score (nSPS) is 16.9. The van der Waals surface area contributed by atoms with Crippen molar-refractivity contribution in [1.82, 2.24) is 14.8 Å². The Labute approximate surface area is 131 Å². The molecular weight excluding hydrogens is 326 g/mol. The maximum absolute atomic E-state index is 4.82. The van der Waals surface area contributed by atoms with Crippen molar-refractivity contribution in [2.45, 2.75) is 18.8 Å². The zero-order chi connectivity index (χ0) is 14.2. The summed E-state index contributed by atoms with van der Waals surface area (Å²) < 4.78 is 2.91. The smallest absolute Gasteiger partial charge is 0.0840 e. The van der Waals surface area contributed by atoms with Crippen LogP contribution in [0.1, 0.15) is 29.2 Å². The van der Waals surface area contributed by atoms with Gasteiger partial charge in [0.15, 0.2) is 0 Å². The number of pyridine rings is 1. The Morgan fingerprint density at radius 2 is 2.00 bits per heavy atom. The molecule has 4 rings (SSSR count). The molecular formula is C17H14BrN3. The van der Waals surface area contributed by atoms with Gasteiger partial charge in [-0.05, 0) is 46.0 Å². The van der Waals surface area contributed by atoms with E-state index in [1.807, 2.05) is 16.9 Å². The zero-order valence-corrected chi connectivity index (χ0v) is 13.0. The summed E-state index contributed by atoms with van der Waals surface area (Å²) in [6, 6.07) is 12.7. The highest BCUT2D eigenvalue weighted by molar-refractivity contribution is 9.10. The summed E-state index contributed by atoms with van der Waals surface area (Å²) in [6.45, 7) is 0. The van der Waals surface area contributed by atoms with Gasteiger partial charge < -0.3 is 0 Å². The quantitative estimate of drug-likeness (QED) is 0.703. The summed E-state index contributed by atoms with van der Waals surface area (Å²) in [5, 5.41) is 4.82. The van der Waals surface area contributed by atoms with Crippen LogP contribution in [0.4, 0.5) is 0 Å². The van der Waals surface area contributed by atoms with Gasteiger partial charge in [0.2, 0.25) is 0 Å². The third-order valence-corrected chi connectivity index (χ3v) is 4.45. The van der Waals surface area contributed by atoms with Crippen LogP contribution in [0.25, 0.3) is 5.69 Å². The van der Waals surface area contributed by atoms with Gasteiger partial charge in [0.25, 0.3) is 0 Å². The minimum absolute atomic E-state index is 0.419. The number of benzene rings is 1. The van der Waals surface area contributed by atoms with Crippen LogP contribution in [0.5, 0.6) is 0 Å². The lowest BCUT2D eigenvalue weighted by molar-refractivity contribution is 0.725. The van der Waals surface area contributed by atoms with Crippen LogP contribution >= 0.6 is 15.9 Å². The Morgan fingerprint density at radius 1 is 1.14 bits per heavy atom. The summed E-state index contributed by atoms with van der Waals surface area (Å²) in [7, 11) is 0. The second-order valence-corrected chi connectivity index (χ2v) is 6.26. The molecule has 0 saturated heterocycles. The van der Waals surface area contributed by atoms with Gasteiger partial charge in [-0.1, -0.05) is 30.3 Å². The van der Waals surface area contributed by atoms with E-state index in [9.17, 15) is 0 Å². The summed E-state index contributed by atoms with van der Waals surface area (Å²) in [5.74, 6) is 0.419. The van der Waals surface area contributed by atoms with E-state index in [0.717, 1.165) is 23.0 Å². The SMILES string of the molecule is Brc1cncc(-n2cc3c(n2)[C@H](c2ccccc2)CC3)c1. The Balaban J connectivity index is 1.74. The van der Waals surface area contributed by atoms with Crippen molar-refractivity contribution in [2.75, 3.05) is 0 Å². The van der Waals surface area contributed by atoms with Gasteiger partial charge in [0.1, 0.15) is 0 Å². The first-order valence-electron chi connectivity index (χ1n) is 7.05. The van der Waals surface area contributed by atoms with E-state index in [1.54, 1.807) is 6.20 Å². The van der Waals surface area contributed by atoms with Gasteiger partial charge in [-0.15, -0.1) is 0 Å². The first kappa shape index (κ1) is 12.8. The van der Waals surface area contributed by atoms with Crippen LogP contribution in [0, 0.1) is 0 Å². The third kappa shape index (κ3) is 2.29. The van der Waals surface area contributed by atoms with Crippen molar-refractivity contribution >= 4 is 15.9 Å². The van der Waals surface area contributed by atoms with Crippen LogP contribution in [0.3, 0.4) is 0 Å². The third-order valence-electron chi connectivity index (χ3n) is 4.01. The molecule has 0 fully saturated rings. The molecule has 0 radical (unpaired) electrons. The molecule has 0 aliphatic heterocycles. The van der Waals surface area contributed by atoms with Gasteiger partial charge in [-0.2, -0.15) is 5.10 Å². The van der Waals surface area contributed by atoms with Gasteiger partial charge in [0, 0.05) is 22.8 Å². The number of rotatable bonds is 2. The fraction of sp³-hybridized carbons (Fsp3) is 0.176. The first-order valence-corrected chi connectivity index (χ1v) is 7.85. The van der Waals surface area contributed by atoms with Crippen molar-refractivity contribution in [1.29, 1.82) is 0 Å². The summed E-state index contributed by atoms with van der Waals surface area (Å²) in [6.07, 6.45) is 8.01. The monoisotopic (exact) mass is 339 g/mol. The number of hydrogen-bond acceptors (Lipinski definition) is 2. The van der Waals surface area contributed by atoms with Crippen LogP contribution in [0.2, 0.25) is 0 Å². The largest absolute Gasteiger partial charge is 0.261 e. The first-order chi connectivity index (χ1) is 10.3. The van der Waals surface area contributed by atoms with Crippen LogP contribution < -0.4 is 0 Å². The standard InChI is InChI=1S/C17H14BrN3/c18-14-8-15(10-19-9-14)21-11-13-6-7-16(17(13)20-21)12-4-2-1-3-5-12/h1-5,8-11,16H,6-7H2/t16-/m0/s1. The van der Waals surface area contributed by atoms with E-state index < -0.39 is 0 Å².